The van der Waals surface area contributed by atoms with Gasteiger partial charge in [-0.25, -0.2) is 4.39 Å². The Balaban J connectivity index is 1.74. The highest BCUT2D eigenvalue weighted by atomic mass is 19.1. The summed E-state index contributed by atoms with van der Waals surface area (Å²) in [6.07, 6.45) is 0. The molecule has 3 aromatic rings. The summed E-state index contributed by atoms with van der Waals surface area (Å²) in [5, 5.41) is 3.10. The predicted molar refractivity (Wildman–Crippen MR) is 99.9 cm³/mol. The van der Waals surface area contributed by atoms with Crippen LogP contribution in [0.15, 0.2) is 53.3 Å². The molecule has 1 amide bonds. The van der Waals surface area contributed by atoms with Crippen LogP contribution in [-0.2, 0) is 0 Å². The van der Waals surface area contributed by atoms with Gasteiger partial charge in [-0.1, -0.05) is 12.1 Å². The Hall–Kier alpha value is -3.35. The van der Waals surface area contributed by atoms with Crippen molar-refractivity contribution in [2.24, 2.45) is 0 Å². The lowest BCUT2D eigenvalue weighted by molar-refractivity contribution is 0.0928. The van der Waals surface area contributed by atoms with Crippen molar-refractivity contribution in [3.8, 4) is 11.5 Å². The third kappa shape index (κ3) is 4.25. The number of fused-ring (bicyclic) bond motifs is 1. The molecule has 0 saturated carbocycles. The van der Waals surface area contributed by atoms with Crippen molar-refractivity contribution >= 4 is 16.8 Å². The number of nitrogens with one attached hydrogen (secondary N) is 2. The number of carbonyl (C=O) groups excluding carboxylic acids is 1. The van der Waals surface area contributed by atoms with E-state index in [4.69, 9.17) is 9.47 Å². The van der Waals surface area contributed by atoms with Crippen LogP contribution >= 0.6 is 0 Å². The number of rotatable bonds is 6. The van der Waals surface area contributed by atoms with E-state index in [-0.39, 0.29) is 18.2 Å². The van der Waals surface area contributed by atoms with Gasteiger partial charge in [0, 0.05) is 17.0 Å². The highest BCUT2D eigenvalue weighted by Crippen LogP contribution is 2.25. The van der Waals surface area contributed by atoms with E-state index in [0.717, 1.165) is 6.07 Å². The number of halogens is 1. The zero-order chi connectivity index (χ0) is 19.4. The fourth-order valence-electron chi connectivity index (χ4n) is 2.71. The van der Waals surface area contributed by atoms with Gasteiger partial charge in [0.25, 0.3) is 5.91 Å². The molecular formula is C20H19FN2O4. The zero-order valence-electron chi connectivity index (χ0n) is 14.9. The molecular weight excluding hydrogens is 351 g/mol. The fourth-order valence-corrected chi connectivity index (χ4v) is 2.71. The second kappa shape index (κ2) is 7.90. The molecule has 0 saturated heterocycles. The Kier molecular flexibility index (Phi) is 5.40. The molecule has 3 rings (SSSR count). The molecule has 0 bridgehead atoms. The second-order valence-corrected chi connectivity index (χ2v) is 6.07. The molecule has 0 spiro atoms. The topological polar surface area (TPSA) is 80.4 Å². The van der Waals surface area contributed by atoms with Gasteiger partial charge in [0.1, 0.15) is 12.4 Å². The molecule has 27 heavy (non-hydrogen) atoms. The molecule has 0 fully saturated rings. The molecule has 7 heteroatoms. The number of hydrogen-bond acceptors (Lipinski definition) is 4. The third-order valence-corrected chi connectivity index (χ3v) is 3.99. The molecule has 140 valence electrons. The lowest BCUT2D eigenvalue weighted by atomic mass is 10.1. The first-order valence-electron chi connectivity index (χ1n) is 8.37. The Bertz CT molecular complexity index is 1030. The van der Waals surface area contributed by atoms with Gasteiger partial charge in [-0.05, 0) is 37.3 Å². The van der Waals surface area contributed by atoms with Gasteiger partial charge in [0.2, 0.25) is 5.56 Å². The minimum atomic E-state index is -0.490. The molecule has 6 nitrogen and oxygen atoms in total. The zero-order valence-corrected chi connectivity index (χ0v) is 14.9. The number of pyridine rings is 1. The molecule has 0 aliphatic heterocycles. The molecule has 1 unspecified atom stereocenters. The quantitative estimate of drug-likeness (QED) is 0.699. The van der Waals surface area contributed by atoms with Crippen LogP contribution < -0.4 is 20.3 Å². The molecule has 0 aliphatic rings. The Morgan fingerprint density at radius 2 is 1.93 bits per heavy atom. The maximum Gasteiger partial charge on any atom is 0.252 e. The number of ether oxygens (including phenoxy) is 2. The maximum absolute atomic E-state index is 13.6. The van der Waals surface area contributed by atoms with E-state index in [1.807, 2.05) is 12.1 Å². The van der Waals surface area contributed by atoms with E-state index in [2.05, 4.69) is 10.3 Å². The highest BCUT2D eigenvalue weighted by molar-refractivity contribution is 6.06. The molecule has 0 aliphatic carbocycles. The molecule has 2 aromatic carbocycles. The monoisotopic (exact) mass is 370 g/mol. The number of aromatic nitrogens is 1. The van der Waals surface area contributed by atoms with Crippen LogP contribution in [0.3, 0.4) is 0 Å². The minimum absolute atomic E-state index is 0.109. The van der Waals surface area contributed by atoms with Crippen LogP contribution in [0.25, 0.3) is 10.9 Å². The van der Waals surface area contributed by atoms with Crippen molar-refractivity contribution in [2.45, 2.75) is 13.0 Å². The van der Waals surface area contributed by atoms with E-state index in [9.17, 15) is 14.0 Å². The van der Waals surface area contributed by atoms with Crippen LogP contribution in [0.4, 0.5) is 4.39 Å². The summed E-state index contributed by atoms with van der Waals surface area (Å²) in [6.45, 7) is 1.96. The van der Waals surface area contributed by atoms with E-state index >= 15 is 0 Å². The van der Waals surface area contributed by atoms with Crippen molar-refractivity contribution in [3.05, 3.63) is 70.3 Å². The van der Waals surface area contributed by atoms with E-state index in [0.29, 0.717) is 22.4 Å². The molecule has 1 aromatic heterocycles. The Labute approximate surface area is 154 Å². The lowest BCUT2D eigenvalue weighted by Gasteiger charge is -2.17. The first kappa shape index (κ1) is 18.4. The summed E-state index contributed by atoms with van der Waals surface area (Å²) in [4.78, 5) is 27.0. The van der Waals surface area contributed by atoms with Crippen LogP contribution in [0, 0.1) is 5.82 Å². The maximum atomic E-state index is 13.6. The Morgan fingerprint density at radius 3 is 2.67 bits per heavy atom. The normalized spacial score (nSPS) is 11.8. The summed E-state index contributed by atoms with van der Waals surface area (Å²) >= 11 is 0. The SMILES string of the molecule is COc1ccccc1OCC(C)NC(=O)c1cc(=O)[nH]c2ccc(F)cc12. The van der Waals surface area contributed by atoms with E-state index in [1.165, 1.54) is 18.2 Å². The fraction of sp³-hybridized carbons (Fsp3) is 0.200. The van der Waals surface area contributed by atoms with Gasteiger partial charge in [0.15, 0.2) is 11.5 Å². The van der Waals surface area contributed by atoms with Gasteiger partial charge >= 0.3 is 0 Å². The number of H-pyrrole nitrogens is 1. The minimum Gasteiger partial charge on any atom is -0.493 e. The lowest BCUT2D eigenvalue weighted by Crippen LogP contribution is -2.37. The second-order valence-electron chi connectivity index (χ2n) is 6.07. The van der Waals surface area contributed by atoms with Crippen molar-refractivity contribution in [3.63, 3.8) is 0 Å². The number of methoxy groups -OCH3 is 1. The van der Waals surface area contributed by atoms with Crippen LogP contribution in [0.2, 0.25) is 0 Å². The number of carbonyl (C=O) groups is 1. The number of aromatic amines is 1. The van der Waals surface area contributed by atoms with Gasteiger partial charge in [-0.2, -0.15) is 0 Å². The number of amides is 1. The van der Waals surface area contributed by atoms with Gasteiger partial charge in [-0.3, -0.25) is 9.59 Å². The first-order valence-corrected chi connectivity index (χ1v) is 8.37. The van der Waals surface area contributed by atoms with E-state index < -0.39 is 17.3 Å². The summed E-state index contributed by atoms with van der Waals surface area (Å²) in [5.41, 5.74) is 0.0709. The Morgan fingerprint density at radius 1 is 1.19 bits per heavy atom. The number of para-hydroxylation sites is 2. The van der Waals surface area contributed by atoms with Gasteiger partial charge < -0.3 is 19.8 Å². The van der Waals surface area contributed by atoms with Crippen molar-refractivity contribution in [1.82, 2.24) is 10.3 Å². The number of benzene rings is 2. The molecule has 0 radical (unpaired) electrons. The van der Waals surface area contributed by atoms with Crippen molar-refractivity contribution < 1.29 is 18.7 Å². The summed E-state index contributed by atoms with van der Waals surface area (Å²) < 4.78 is 24.5. The van der Waals surface area contributed by atoms with Crippen LogP contribution in [0.1, 0.15) is 17.3 Å². The largest absolute Gasteiger partial charge is 0.493 e. The highest BCUT2D eigenvalue weighted by Gasteiger charge is 2.16. The standard InChI is InChI=1S/C20H19FN2O4/c1-12(11-27-18-6-4-3-5-17(18)26-2)22-20(25)15-10-19(24)23-16-8-7-13(21)9-14(15)16/h3-10,12H,11H2,1-2H3,(H,22,25)(H,23,24). The number of hydrogen-bond donors (Lipinski definition) is 2. The smallest absolute Gasteiger partial charge is 0.252 e. The third-order valence-electron chi connectivity index (χ3n) is 3.99. The summed E-state index contributed by atoms with van der Waals surface area (Å²) in [7, 11) is 1.55. The summed E-state index contributed by atoms with van der Waals surface area (Å²) in [6, 6.07) is 11.9. The molecule has 1 heterocycles. The molecule has 1 atom stereocenters. The van der Waals surface area contributed by atoms with E-state index in [1.54, 1.807) is 26.2 Å². The predicted octanol–water partition coefficient (Wildman–Crippen LogP) is 2.87. The van der Waals surface area contributed by atoms with Gasteiger partial charge in [0.05, 0.1) is 18.7 Å². The van der Waals surface area contributed by atoms with Crippen molar-refractivity contribution in [2.75, 3.05) is 13.7 Å². The van der Waals surface area contributed by atoms with Crippen LogP contribution in [0.5, 0.6) is 11.5 Å². The summed E-state index contributed by atoms with van der Waals surface area (Å²) in [5.74, 6) is 0.181. The average Bonchev–Trinajstić information content (AvgIpc) is 2.66. The van der Waals surface area contributed by atoms with Gasteiger partial charge in [-0.15, -0.1) is 0 Å². The van der Waals surface area contributed by atoms with Crippen LogP contribution in [-0.4, -0.2) is 30.6 Å². The first-order chi connectivity index (χ1) is 13.0. The average molecular weight is 370 g/mol. The van der Waals surface area contributed by atoms with Crippen molar-refractivity contribution in [1.29, 1.82) is 0 Å². The molecule has 2 N–H and O–H groups in total.